The second-order valence-corrected chi connectivity index (χ2v) is 5.89. The maximum atomic E-state index is 12.1. The van der Waals surface area contributed by atoms with Gasteiger partial charge in [0.15, 0.2) is 0 Å². The second-order valence-electron chi connectivity index (χ2n) is 5.89. The minimum Gasteiger partial charge on any atom is -0.349 e. The topological polar surface area (TPSA) is 81.3 Å². The first-order chi connectivity index (χ1) is 11.4. The van der Waals surface area contributed by atoms with E-state index in [9.17, 15) is 9.59 Å². The SMILES string of the molecule is Cc1ccn2cc(CNC(=O)Cn3c(C)cc(C)nc3=O)nc2c1. The monoisotopic (exact) mass is 325 g/mol. The molecule has 0 unspecified atom stereocenters. The zero-order valence-corrected chi connectivity index (χ0v) is 13.9. The molecule has 0 saturated carbocycles. The molecule has 0 spiro atoms. The summed E-state index contributed by atoms with van der Waals surface area (Å²) in [6, 6.07) is 5.75. The minimum absolute atomic E-state index is 0.0512. The van der Waals surface area contributed by atoms with Crippen molar-refractivity contribution in [3.8, 4) is 0 Å². The number of nitrogens with zero attached hydrogens (tertiary/aromatic N) is 4. The summed E-state index contributed by atoms with van der Waals surface area (Å²) in [7, 11) is 0. The summed E-state index contributed by atoms with van der Waals surface area (Å²) in [5.41, 5.74) is 3.69. The summed E-state index contributed by atoms with van der Waals surface area (Å²) in [5.74, 6) is -0.251. The van der Waals surface area contributed by atoms with Crippen LogP contribution in [-0.2, 0) is 17.9 Å². The number of nitrogens with one attached hydrogen (secondary N) is 1. The molecule has 0 aromatic carbocycles. The highest BCUT2D eigenvalue weighted by molar-refractivity contribution is 5.75. The third-order valence-electron chi connectivity index (χ3n) is 3.78. The van der Waals surface area contributed by atoms with Crippen LogP contribution in [0.2, 0.25) is 0 Å². The zero-order valence-electron chi connectivity index (χ0n) is 13.9. The molecule has 1 N–H and O–H groups in total. The van der Waals surface area contributed by atoms with Gasteiger partial charge in [0.05, 0.1) is 12.2 Å². The molecule has 0 aliphatic rings. The number of amides is 1. The number of hydrogen-bond donors (Lipinski definition) is 1. The number of carbonyl (C=O) groups is 1. The number of imidazole rings is 1. The van der Waals surface area contributed by atoms with Crippen molar-refractivity contribution in [2.75, 3.05) is 0 Å². The first-order valence-electron chi connectivity index (χ1n) is 7.68. The highest BCUT2D eigenvalue weighted by atomic mass is 16.2. The van der Waals surface area contributed by atoms with E-state index < -0.39 is 5.69 Å². The van der Waals surface area contributed by atoms with Crippen molar-refractivity contribution in [3.63, 3.8) is 0 Å². The predicted molar refractivity (Wildman–Crippen MR) is 89.7 cm³/mol. The Labute approximate surface area is 139 Å². The summed E-state index contributed by atoms with van der Waals surface area (Å²) in [6.45, 7) is 5.81. The summed E-state index contributed by atoms with van der Waals surface area (Å²) in [5, 5.41) is 2.79. The van der Waals surface area contributed by atoms with Crippen molar-refractivity contribution in [1.29, 1.82) is 0 Å². The largest absolute Gasteiger partial charge is 0.349 e. The first-order valence-corrected chi connectivity index (χ1v) is 7.68. The Morgan fingerprint density at radius 2 is 2.00 bits per heavy atom. The van der Waals surface area contributed by atoms with Crippen molar-refractivity contribution in [2.24, 2.45) is 0 Å². The first kappa shape index (κ1) is 15.9. The van der Waals surface area contributed by atoms with Gasteiger partial charge < -0.3 is 9.72 Å². The van der Waals surface area contributed by atoms with Gasteiger partial charge in [-0.3, -0.25) is 9.36 Å². The second kappa shape index (κ2) is 6.27. The van der Waals surface area contributed by atoms with Crippen LogP contribution >= 0.6 is 0 Å². The van der Waals surface area contributed by atoms with Crippen LogP contribution in [0.25, 0.3) is 5.65 Å². The van der Waals surface area contributed by atoms with Crippen molar-refractivity contribution >= 4 is 11.6 Å². The molecule has 0 bridgehead atoms. The van der Waals surface area contributed by atoms with Gasteiger partial charge in [0.25, 0.3) is 0 Å². The molecule has 3 heterocycles. The van der Waals surface area contributed by atoms with Crippen LogP contribution in [0, 0.1) is 20.8 Å². The lowest BCUT2D eigenvalue weighted by molar-refractivity contribution is -0.121. The Balaban J connectivity index is 1.68. The van der Waals surface area contributed by atoms with Gasteiger partial charge in [0, 0.05) is 23.8 Å². The van der Waals surface area contributed by atoms with Gasteiger partial charge in [-0.25, -0.2) is 9.78 Å². The number of pyridine rings is 1. The molecular weight excluding hydrogens is 306 g/mol. The maximum Gasteiger partial charge on any atom is 0.348 e. The van der Waals surface area contributed by atoms with E-state index in [1.807, 2.05) is 35.9 Å². The average Bonchev–Trinajstić information content (AvgIpc) is 2.90. The molecule has 0 fully saturated rings. The zero-order chi connectivity index (χ0) is 17.3. The van der Waals surface area contributed by atoms with E-state index in [0.717, 1.165) is 16.9 Å². The highest BCUT2D eigenvalue weighted by Crippen LogP contribution is 2.07. The number of carbonyl (C=O) groups excluding carboxylic acids is 1. The van der Waals surface area contributed by atoms with Gasteiger partial charge in [-0.05, 0) is 44.5 Å². The third kappa shape index (κ3) is 3.34. The standard InChI is InChI=1S/C17H19N5O2/c1-11-4-5-21-9-14(20-15(21)6-11)8-18-16(23)10-22-13(3)7-12(2)19-17(22)24/h4-7,9H,8,10H2,1-3H3,(H,18,23). The van der Waals surface area contributed by atoms with Gasteiger partial charge >= 0.3 is 5.69 Å². The Kier molecular flexibility index (Phi) is 4.16. The Hall–Kier alpha value is -2.96. The van der Waals surface area contributed by atoms with Crippen molar-refractivity contribution < 1.29 is 4.79 Å². The number of aryl methyl sites for hydroxylation is 3. The fourth-order valence-corrected chi connectivity index (χ4v) is 2.58. The highest BCUT2D eigenvalue weighted by Gasteiger charge is 2.09. The fourth-order valence-electron chi connectivity index (χ4n) is 2.58. The van der Waals surface area contributed by atoms with Crippen LogP contribution in [0.4, 0.5) is 0 Å². The Morgan fingerprint density at radius 3 is 2.75 bits per heavy atom. The lowest BCUT2D eigenvalue weighted by atomic mass is 10.3. The van der Waals surface area contributed by atoms with E-state index in [4.69, 9.17) is 0 Å². The number of fused-ring (bicyclic) bond motifs is 1. The molecule has 24 heavy (non-hydrogen) atoms. The maximum absolute atomic E-state index is 12.1. The van der Waals surface area contributed by atoms with Gasteiger partial charge in [0.2, 0.25) is 5.91 Å². The number of rotatable bonds is 4. The fraction of sp³-hybridized carbons (Fsp3) is 0.294. The molecule has 3 aromatic rings. The number of aromatic nitrogens is 4. The molecule has 124 valence electrons. The lowest BCUT2D eigenvalue weighted by Gasteiger charge is -2.09. The molecule has 1 amide bonds. The summed E-state index contributed by atoms with van der Waals surface area (Å²) >= 11 is 0. The van der Waals surface area contributed by atoms with Crippen LogP contribution in [0.1, 0.15) is 22.6 Å². The Bertz CT molecular complexity index is 971. The molecule has 0 radical (unpaired) electrons. The van der Waals surface area contributed by atoms with Gasteiger partial charge in [-0.15, -0.1) is 0 Å². The molecule has 0 aliphatic carbocycles. The van der Waals surface area contributed by atoms with E-state index >= 15 is 0 Å². The molecule has 0 atom stereocenters. The smallest absolute Gasteiger partial charge is 0.348 e. The number of hydrogen-bond acceptors (Lipinski definition) is 4. The molecule has 0 aliphatic heterocycles. The van der Waals surface area contributed by atoms with E-state index in [2.05, 4.69) is 15.3 Å². The predicted octanol–water partition coefficient (Wildman–Crippen LogP) is 1.13. The van der Waals surface area contributed by atoms with Crippen molar-refractivity contribution in [3.05, 3.63) is 63.7 Å². The summed E-state index contributed by atoms with van der Waals surface area (Å²) in [6.07, 6.45) is 3.81. The Morgan fingerprint density at radius 1 is 1.21 bits per heavy atom. The van der Waals surface area contributed by atoms with Gasteiger partial charge in [-0.2, -0.15) is 4.98 Å². The lowest BCUT2D eigenvalue weighted by Crippen LogP contribution is -2.34. The van der Waals surface area contributed by atoms with Crippen LogP contribution in [-0.4, -0.2) is 24.8 Å². The van der Waals surface area contributed by atoms with E-state index in [0.29, 0.717) is 17.9 Å². The molecule has 0 saturated heterocycles. The minimum atomic E-state index is -0.411. The third-order valence-corrected chi connectivity index (χ3v) is 3.78. The van der Waals surface area contributed by atoms with Crippen LogP contribution in [0.5, 0.6) is 0 Å². The van der Waals surface area contributed by atoms with Crippen LogP contribution < -0.4 is 11.0 Å². The van der Waals surface area contributed by atoms with E-state index in [1.165, 1.54) is 4.57 Å². The molecule has 3 rings (SSSR count). The summed E-state index contributed by atoms with van der Waals surface area (Å²) in [4.78, 5) is 32.3. The van der Waals surface area contributed by atoms with Crippen LogP contribution in [0.15, 0.2) is 35.4 Å². The van der Waals surface area contributed by atoms with E-state index in [1.54, 1.807) is 19.9 Å². The summed E-state index contributed by atoms with van der Waals surface area (Å²) < 4.78 is 3.27. The normalized spacial score (nSPS) is 11.0. The van der Waals surface area contributed by atoms with Gasteiger partial charge in [0.1, 0.15) is 12.2 Å². The van der Waals surface area contributed by atoms with Crippen molar-refractivity contribution in [2.45, 2.75) is 33.9 Å². The van der Waals surface area contributed by atoms with Crippen LogP contribution in [0.3, 0.4) is 0 Å². The molecule has 7 heteroatoms. The van der Waals surface area contributed by atoms with Gasteiger partial charge in [-0.1, -0.05) is 0 Å². The quantitative estimate of drug-likeness (QED) is 0.780. The van der Waals surface area contributed by atoms with Crippen molar-refractivity contribution in [1.82, 2.24) is 24.3 Å². The molecular formula is C17H19N5O2. The molecule has 3 aromatic heterocycles. The molecule has 7 nitrogen and oxygen atoms in total. The average molecular weight is 325 g/mol. The van der Waals surface area contributed by atoms with E-state index in [-0.39, 0.29) is 12.5 Å².